The Morgan fingerprint density at radius 1 is 0.662 bits per heavy atom. The Kier molecular flexibility index (Phi) is 30.2. The van der Waals surface area contributed by atoms with E-state index in [1.54, 1.807) is 23.0 Å². The number of aromatic nitrogens is 4. The Morgan fingerprint density at radius 2 is 1.10 bits per heavy atom. The minimum atomic E-state index is -4.27. The van der Waals surface area contributed by atoms with E-state index in [9.17, 15) is 22.6 Å². The first-order valence-corrected chi connectivity index (χ1v) is 28.7. The monoisotopic (exact) mass is 1010 g/mol. The van der Waals surface area contributed by atoms with Gasteiger partial charge >= 0.3 is 11.9 Å². The predicted molar refractivity (Wildman–Crippen MR) is 284 cm³/mol. The summed E-state index contributed by atoms with van der Waals surface area (Å²) >= 11 is 0. The van der Waals surface area contributed by atoms with Crippen LogP contribution in [0.5, 0.6) is 0 Å². The molecule has 1 fully saturated rings. The van der Waals surface area contributed by atoms with Gasteiger partial charge in [0, 0.05) is 12.8 Å². The van der Waals surface area contributed by atoms with Crippen LogP contribution in [0.25, 0.3) is 11.2 Å². The number of nitrogens with two attached hydrogens (primary N) is 1. The summed E-state index contributed by atoms with van der Waals surface area (Å²) in [5, 5.41) is 0. The van der Waals surface area contributed by atoms with Gasteiger partial charge in [-0.3, -0.25) is 14.2 Å². The lowest BCUT2D eigenvalue weighted by Crippen LogP contribution is -2.48. The number of esters is 2. The zero-order chi connectivity index (χ0) is 51.7. The van der Waals surface area contributed by atoms with E-state index in [2.05, 4.69) is 74.2 Å². The fraction of sp³-hybridized carbons (Fsp3) is 0.696. The van der Waals surface area contributed by atoms with Gasteiger partial charge in [-0.2, -0.15) is 0 Å². The van der Waals surface area contributed by atoms with E-state index in [0.29, 0.717) is 28.6 Å². The fourth-order valence-electron chi connectivity index (χ4n) is 8.75. The van der Waals surface area contributed by atoms with E-state index < -0.39 is 34.7 Å². The van der Waals surface area contributed by atoms with Crippen molar-refractivity contribution < 1.29 is 41.3 Å². The van der Waals surface area contributed by atoms with Crippen molar-refractivity contribution in [1.82, 2.24) is 19.5 Å². The number of fused-ring (bicyclic) bond motifs is 1. The summed E-state index contributed by atoms with van der Waals surface area (Å²) in [6.07, 6.45) is 40.8. The average molecular weight is 1010 g/mol. The van der Waals surface area contributed by atoms with Crippen LogP contribution in [0.4, 0.5) is 5.82 Å². The molecule has 0 aliphatic carbocycles. The van der Waals surface area contributed by atoms with Gasteiger partial charge in [-0.1, -0.05) is 159 Å². The molecule has 4 rings (SSSR count). The lowest BCUT2D eigenvalue weighted by atomic mass is 10.1. The van der Waals surface area contributed by atoms with Crippen molar-refractivity contribution >= 4 is 39.0 Å². The number of imidazole rings is 1. The number of benzene rings is 1. The molecule has 1 saturated heterocycles. The molecule has 1 aromatic carbocycles. The number of nitrogens with zero attached hydrogens (tertiary/aromatic N) is 5. The van der Waals surface area contributed by atoms with Gasteiger partial charge in [0.05, 0.1) is 32.4 Å². The van der Waals surface area contributed by atoms with Crippen LogP contribution in [0.2, 0.25) is 0 Å². The first-order chi connectivity index (χ1) is 34.1. The molecule has 3 aromatic rings. The lowest BCUT2D eigenvalue weighted by molar-refractivity contribution is -0.874. The van der Waals surface area contributed by atoms with Crippen LogP contribution in [0.1, 0.15) is 205 Å². The number of hydrogen-bond acceptors (Lipinski definition) is 12. The van der Waals surface area contributed by atoms with Gasteiger partial charge in [0.1, 0.15) is 34.6 Å². The topological polar surface area (TPSA) is 189 Å². The van der Waals surface area contributed by atoms with Gasteiger partial charge < -0.3 is 29.0 Å². The first-order valence-electron chi connectivity index (χ1n) is 27.2. The molecule has 4 atom stereocenters. The number of unbranched alkanes of at least 4 members (excludes halogenated alkanes) is 22. The lowest BCUT2D eigenvalue weighted by Gasteiger charge is -2.30. The van der Waals surface area contributed by atoms with Gasteiger partial charge in [-0.05, 0) is 83.3 Å². The molecule has 0 saturated carbocycles. The Balaban J connectivity index is 0.00000106. The number of ether oxygens (including phenoxy) is 3. The van der Waals surface area contributed by atoms with Gasteiger partial charge in [-0.15, -0.1) is 0 Å². The Morgan fingerprint density at radius 3 is 1.55 bits per heavy atom. The third-order valence-electron chi connectivity index (χ3n) is 12.8. The molecule has 0 spiro atoms. The maximum Gasteiger partial charge on any atom is 0.306 e. The van der Waals surface area contributed by atoms with Gasteiger partial charge in [0.15, 0.2) is 29.9 Å². The van der Waals surface area contributed by atoms with Crippen LogP contribution in [0.3, 0.4) is 0 Å². The van der Waals surface area contributed by atoms with Crippen LogP contribution in [0.15, 0.2) is 66.1 Å². The summed E-state index contributed by atoms with van der Waals surface area (Å²) in [6, 6.07) is 5.78. The number of carbonyl (C=O) groups is 2. The second-order valence-corrected chi connectivity index (χ2v) is 21.8. The van der Waals surface area contributed by atoms with E-state index in [0.717, 1.165) is 69.8 Å². The van der Waals surface area contributed by atoms with E-state index >= 15 is 0 Å². The number of rotatable bonds is 36. The summed E-state index contributed by atoms with van der Waals surface area (Å²) in [7, 11) is 1.92. The van der Waals surface area contributed by atoms with E-state index in [1.165, 1.54) is 121 Å². The summed E-state index contributed by atoms with van der Waals surface area (Å²) in [4.78, 5) is 39.8. The number of quaternary nitrogens is 1. The standard InChI is InChI=1S/C49H85N6O5.C7H8O3S/c1-6-8-10-12-14-16-18-20-22-24-26-28-30-32-34-36-42(56)59-45-41(38-55(3,4)5)58-49(54-40-53-44-47(50)51-39-52-48(44)54)46(45)60-43(57)37-35-33-31-29-27-25-23-21-19-17-15-13-11-9-7-2;1-6-2-4-7(5-3-6)11(8,9)10/h20-23,39-41,45-46,49H,6-19,24-38H2,1-5H3,(H2,50,51,52);2-5H,1H3,(H,8,9,10)/q+1;/p-1/b22-20-,23-21-;/t41-,45-,46-,49-;/m1./s1. The molecule has 400 valence electrons. The first kappa shape index (κ1) is 61.1. The predicted octanol–water partition coefficient (Wildman–Crippen LogP) is 12.8. The third kappa shape index (κ3) is 25.9. The number of hydrogen-bond donors (Lipinski definition) is 1. The third-order valence-corrected chi connectivity index (χ3v) is 13.7. The molecule has 15 heteroatoms. The van der Waals surface area contributed by atoms with Crippen LogP contribution in [0, 0.1) is 6.92 Å². The summed E-state index contributed by atoms with van der Waals surface area (Å²) < 4.78 is 52.6. The number of anilines is 1. The minimum absolute atomic E-state index is 0.178. The molecule has 1 aliphatic heterocycles. The molecule has 2 aromatic heterocycles. The van der Waals surface area contributed by atoms with Crippen LogP contribution in [-0.4, -0.2) is 94.9 Å². The molecule has 0 bridgehead atoms. The van der Waals surface area contributed by atoms with Crippen LogP contribution < -0.4 is 5.73 Å². The maximum absolute atomic E-state index is 13.5. The van der Waals surface area contributed by atoms with Crippen molar-refractivity contribution in [2.45, 2.75) is 230 Å². The number of likely N-dealkylation sites (N-methyl/N-ethyl adjacent to an activating group) is 1. The fourth-order valence-corrected chi connectivity index (χ4v) is 9.22. The highest BCUT2D eigenvalue weighted by Crippen LogP contribution is 2.37. The molecule has 2 N–H and O–H groups in total. The minimum Gasteiger partial charge on any atom is -0.744 e. The van der Waals surface area contributed by atoms with Gasteiger partial charge in [0.2, 0.25) is 0 Å². The van der Waals surface area contributed by atoms with Crippen molar-refractivity contribution in [3.8, 4) is 0 Å². The van der Waals surface area contributed by atoms with Crippen LogP contribution >= 0.6 is 0 Å². The van der Waals surface area contributed by atoms with Crippen molar-refractivity contribution in [2.24, 2.45) is 0 Å². The Hall–Kier alpha value is -4.18. The Bertz CT molecular complexity index is 2080. The number of nitrogen functional groups attached to an aromatic ring is 1. The summed E-state index contributed by atoms with van der Waals surface area (Å²) in [6.45, 7) is 6.88. The second kappa shape index (κ2) is 35.1. The SMILES string of the molecule is CCCCCCCC/C=C\CCCCCCCC(=O)O[C@@H]1[C@H](OC(=O)CCCCCCC/C=C\CCCCCCCC)[C@@H](C[N+](C)(C)C)O[C@H]1n1cnc2c(N)ncnc21.Cc1ccc(S(=O)(=O)[O-])cc1. The molecule has 0 radical (unpaired) electrons. The smallest absolute Gasteiger partial charge is 0.306 e. The molecular weight excluding hydrogens is 917 g/mol. The quantitative estimate of drug-likeness (QED) is 0.0191. The molecule has 71 heavy (non-hydrogen) atoms. The molecule has 0 amide bonds. The molecule has 1 aliphatic rings. The van der Waals surface area contributed by atoms with Crippen molar-refractivity contribution in [1.29, 1.82) is 0 Å². The van der Waals surface area contributed by atoms with E-state index in [4.69, 9.17) is 19.9 Å². The number of aryl methyl sites for hydroxylation is 1. The van der Waals surface area contributed by atoms with Crippen LogP contribution in [-0.2, 0) is 33.9 Å². The van der Waals surface area contributed by atoms with E-state index in [1.807, 2.05) is 6.92 Å². The highest BCUT2D eigenvalue weighted by molar-refractivity contribution is 7.85. The zero-order valence-electron chi connectivity index (χ0n) is 44.6. The molecule has 14 nitrogen and oxygen atoms in total. The largest absolute Gasteiger partial charge is 0.744 e. The van der Waals surface area contributed by atoms with Gasteiger partial charge in [-0.25, -0.2) is 23.4 Å². The molecule has 3 heterocycles. The zero-order valence-corrected chi connectivity index (χ0v) is 45.4. The second-order valence-electron chi connectivity index (χ2n) is 20.5. The van der Waals surface area contributed by atoms with Crippen molar-refractivity contribution in [3.05, 3.63) is 66.8 Å². The molecule has 0 unspecified atom stereocenters. The number of carbonyl (C=O) groups excluding carboxylic acids is 2. The van der Waals surface area contributed by atoms with Crippen molar-refractivity contribution in [2.75, 3.05) is 33.4 Å². The summed E-state index contributed by atoms with van der Waals surface area (Å²) in [5.74, 6) is -0.372. The highest BCUT2D eigenvalue weighted by atomic mass is 32.2. The normalized spacial score (nSPS) is 17.3. The maximum atomic E-state index is 13.5. The van der Waals surface area contributed by atoms with Crippen molar-refractivity contribution in [3.63, 3.8) is 0 Å². The average Bonchev–Trinajstić information content (AvgIpc) is 3.89. The summed E-state index contributed by atoms with van der Waals surface area (Å²) in [5.41, 5.74) is 7.97. The molecular formula is C56H92N6O8S. The number of allylic oxidation sites excluding steroid dienone is 4. The highest BCUT2D eigenvalue weighted by Gasteiger charge is 2.52. The Labute approximate surface area is 428 Å². The van der Waals surface area contributed by atoms with E-state index in [-0.39, 0.29) is 29.1 Å². The van der Waals surface area contributed by atoms with Gasteiger partial charge in [0.25, 0.3) is 0 Å².